The van der Waals surface area contributed by atoms with Crippen LogP contribution in [0, 0.1) is 5.82 Å². The molecular weight excluding hydrogens is 355 g/mol. The van der Waals surface area contributed by atoms with E-state index in [1.165, 1.54) is 23.5 Å². The fourth-order valence-electron chi connectivity index (χ4n) is 2.51. The molecule has 7 heteroatoms. The van der Waals surface area contributed by atoms with Gasteiger partial charge in [-0.3, -0.25) is 0 Å². The van der Waals surface area contributed by atoms with Gasteiger partial charge in [0.15, 0.2) is 16.6 Å². The van der Waals surface area contributed by atoms with Crippen molar-refractivity contribution in [2.75, 3.05) is 26.6 Å². The van der Waals surface area contributed by atoms with E-state index < -0.39 is 0 Å². The minimum atomic E-state index is -0.261. The first-order valence-corrected chi connectivity index (χ1v) is 8.76. The summed E-state index contributed by atoms with van der Waals surface area (Å²) in [6.07, 6.45) is 0. The maximum absolute atomic E-state index is 13.0. The lowest BCUT2D eigenvalue weighted by atomic mass is 10.1. The van der Waals surface area contributed by atoms with E-state index in [9.17, 15) is 4.39 Å². The second kappa shape index (κ2) is 8.05. The number of hydrogen-bond acceptors (Lipinski definition) is 6. The number of halogens is 1. The standard InChI is InChI=1S/C19H19FN2O3S/c1-23-16-9-18(25-3)17(24-2)8-13(16)10-21-19-22-15(11-26-19)12-4-6-14(20)7-5-12/h4-9,11H,10H2,1-3H3,(H,21,22). The third-order valence-corrected chi connectivity index (χ3v) is 4.66. The lowest BCUT2D eigenvalue weighted by Gasteiger charge is -2.14. The summed E-state index contributed by atoms with van der Waals surface area (Å²) in [6, 6.07) is 9.95. The first-order chi connectivity index (χ1) is 12.6. The van der Waals surface area contributed by atoms with Crippen LogP contribution in [0.15, 0.2) is 41.8 Å². The maximum atomic E-state index is 13.0. The minimum Gasteiger partial charge on any atom is -0.496 e. The number of methoxy groups -OCH3 is 3. The monoisotopic (exact) mass is 374 g/mol. The van der Waals surface area contributed by atoms with E-state index in [2.05, 4.69) is 10.3 Å². The zero-order valence-electron chi connectivity index (χ0n) is 14.7. The molecule has 0 saturated carbocycles. The van der Waals surface area contributed by atoms with Crippen molar-refractivity contribution in [3.05, 3.63) is 53.2 Å². The molecule has 3 rings (SSSR count). The normalized spacial score (nSPS) is 10.5. The van der Waals surface area contributed by atoms with Gasteiger partial charge in [0.2, 0.25) is 0 Å². The number of nitrogens with zero attached hydrogens (tertiary/aromatic N) is 1. The molecule has 136 valence electrons. The Balaban J connectivity index is 1.76. The predicted molar refractivity (Wildman–Crippen MR) is 101 cm³/mol. The third-order valence-electron chi connectivity index (χ3n) is 3.86. The molecule has 0 spiro atoms. The predicted octanol–water partition coefficient (Wildman–Crippen LogP) is 4.59. The Kier molecular flexibility index (Phi) is 5.58. The van der Waals surface area contributed by atoms with Crippen LogP contribution in [0.4, 0.5) is 9.52 Å². The zero-order valence-corrected chi connectivity index (χ0v) is 15.5. The largest absolute Gasteiger partial charge is 0.496 e. The molecule has 0 atom stereocenters. The van der Waals surface area contributed by atoms with Crippen molar-refractivity contribution >= 4 is 16.5 Å². The molecule has 2 aromatic carbocycles. The molecule has 1 heterocycles. The van der Waals surface area contributed by atoms with Gasteiger partial charge in [-0.05, 0) is 30.3 Å². The van der Waals surface area contributed by atoms with Crippen LogP contribution in [-0.2, 0) is 6.54 Å². The number of rotatable bonds is 7. The third kappa shape index (κ3) is 3.88. The van der Waals surface area contributed by atoms with Gasteiger partial charge < -0.3 is 19.5 Å². The van der Waals surface area contributed by atoms with Gasteiger partial charge in [-0.1, -0.05) is 0 Å². The molecule has 0 fully saturated rings. The van der Waals surface area contributed by atoms with E-state index in [0.29, 0.717) is 23.8 Å². The number of nitrogens with one attached hydrogen (secondary N) is 1. The average molecular weight is 374 g/mol. The summed E-state index contributed by atoms with van der Waals surface area (Å²) in [6.45, 7) is 0.514. The van der Waals surface area contributed by atoms with Crippen molar-refractivity contribution < 1.29 is 18.6 Å². The van der Waals surface area contributed by atoms with Crippen LogP contribution in [0.3, 0.4) is 0 Å². The summed E-state index contributed by atoms with van der Waals surface area (Å²) in [7, 11) is 4.79. The second-order valence-electron chi connectivity index (χ2n) is 5.42. The van der Waals surface area contributed by atoms with E-state index in [1.807, 2.05) is 11.4 Å². The number of thiazole rings is 1. The van der Waals surface area contributed by atoms with Gasteiger partial charge in [0.1, 0.15) is 11.6 Å². The minimum absolute atomic E-state index is 0.261. The van der Waals surface area contributed by atoms with Crippen molar-refractivity contribution in [3.8, 4) is 28.5 Å². The van der Waals surface area contributed by atoms with E-state index >= 15 is 0 Å². The Labute approximate surface area is 155 Å². The van der Waals surface area contributed by atoms with Crippen LogP contribution in [-0.4, -0.2) is 26.3 Å². The smallest absolute Gasteiger partial charge is 0.183 e. The van der Waals surface area contributed by atoms with Gasteiger partial charge in [-0.15, -0.1) is 11.3 Å². The summed E-state index contributed by atoms with van der Waals surface area (Å²) < 4.78 is 29.1. The molecule has 0 radical (unpaired) electrons. The molecule has 0 saturated heterocycles. The fraction of sp³-hybridized carbons (Fsp3) is 0.211. The summed E-state index contributed by atoms with van der Waals surface area (Å²) in [5, 5.41) is 5.98. The van der Waals surface area contributed by atoms with Crippen molar-refractivity contribution in [2.24, 2.45) is 0 Å². The number of anilines is 1. The first-order valence-electron chi connectivity index (χ1n) is 7.88. The lowest BCUT2D eigenvalue weighted by Crippen LogP contribution is -2.03. The number of ether oxygens (including phenoxy) is 3. The summed E-state index contributed by atoms with van der Waals surface area (Å²) in [5.74, 6) is 1.69. The number of benzene rings is 2. The highest BCUT2D eigenvalue weighted by Crippen LogP contribution is 2.35. The topological polar surface area (TPSA) is 52.6 Å². The average Bonchev–Trinajstić information content (AvgIpc) is 3.15. The van der Waals surface area contributed by atoms with Crippen LogP contribution in [0.25, 0.3) is 11.3 Å². The Morgan fingerprint density at radius 3 is 2.27 bits per heavy atom. The summed E-state index contributed by atoms with van der Waals surface area (Å²) in [4.78, 5) is 4.55. The van der Waals surface area contributed by atoms with Crippen molar-refractivity contribution in [1.29, 1.82) is 0 Å². The molecule has 1 N–H and O–H groups in total. The quantitative estimate of drug-likeness (QED) is 0.656. The van der Waals surface area contributed by atoms with E-state index in [-0.39, 0.29) is 5.82 Å². The van der Waals surface area contributed by atoms with Gasteiger partial charge in [0, 0.05) is 29.1 Å². The molecule has 0 aliphatic carbocycles. The molecule has 0 unspecified atom stereocenters. The van der Waals surface area contributed by atoms with E-state index in [0.717, 1.165) is 22.0 Å². The highest BCUT2D eigenvalue weighted by molar-refractivity contribution is 7.14. The number of hydrogen-bond donors (Lipinski definition) is 1. The SMILES string of the molecule is COc1cc(OC)c(OC)cc1CNc1nc(-c2ccc(F)cc2)cs1. The highest BCUT2D eigenvalue weighted by Gasteiger charge is 2.12. The molecule has 0 amide bonds. The molecule has 1 aromatic heterocycles. The Hall–Kier alpha value is -2.80. The second-order valence-corrected chi connectivity index (χ2v) is 6.28. The van der Waals surface area contributed by atoms with Gasteiger partial charge >= 0.3 is 0 Å². The van der Waals surface area contributed by atoms with Gasteiger partial charge in [-0.2, -0.15) is 0 Å². The Bertz CT molecular complexity index is 881. The maximum Gasteiger partial charge on any atom is 0.183 e. The lowest BCUT2D eigenvalue weighted by molar-refractivity contribution is 0.347. The van der Waals surface area contributed by atoms with Gasteiger partial charge in [-0.25, -0.2) is 9.37 Å². The van der Waals surface area contributed by atoms with Crippen LogP contribution >= 0.6 is 11.3 Å². The van der Waals surface area contributed by atoms with Crippen LogP contribution in [0.5, 0.6) is 17.2 Å². The van der Waals surface area contributed by atoms with E-state index in [1.54, 1.807) is 39.5 Å². The molecule has 5 nitrogen and oxygen atoms in total. The van der Waals surface area contributed by atoms with Crippen LogP contribution in [0.2, 0.25) is 0 Å². The zero-order chi connectivity index (χ0) is 18.5. The molecule has 0 bridgehead atoms. The molecule has 3 aromatic rings. The molecule has 0 aliphatic heterocycles. The van der Waals surface area contributed by atoms with Gasteiger partial charge in [0.25, 0.3) is 0 Å². The van der Waals surface area contributed by atoms with Gasteiger partial charge in [0.05, 0.1) is 27.0 Å². The van der Waals surface area contributed by atoms with Crippen molar-refractivity contribution in [1.82, 2.24) is 4.98 Å². The first kappa shape index (κ1) is 18.0. The van der Waals surface area contributed by atoms with Crippen molar-refractivity contribution in [2.45, 2.75) is 6.54 Å². The Morgan fingerprint density at radius 1 is 0.962 bits per heavy atom. The highest BCUT2D eigenvalue weighted by atomic mass is 32.1. The molecule has 26 heavy (non-hydrogen) atoms. The van der Waals surface area contributed by atoms with Crippen LogP contribution in [0.1, 0.15) is 5.56 Å². The van der Waals surface area contributed by atoms with Crippen LogP contribution < -0.4 is 19.5 Å². The molecular formula is C19H19FN2O3S. The van der Waals surface area contributed by atoms with Crippen molar-refractivity contribution in [3.63, 3.8) is 0 Å². The summed E-state index contributed by atoms with van der Waals surface area (Å²) >= 11 is 1.49. The summed E-state index contributed by atoms with van der Waals surface area (Å²) in [5.41, 5.74) is 2.60. The number of aromatic nitrogens is 1. The Morgan fingerprint density at radius 2 is 1.62 bits per heavy atom. The fourth-order valence-corrected chi connectivity index (χ4v) is 3.23. The molecule has 0 aliphatic rings. The van der Waals surface area contributed by atoms with E-state index in [4.69, 9.17) is 14.2 Å².